The second-order valence-electron chi connectivity index (χ2n) is 11.0. The van der Waals surface area contributed by atoms with E-state index in [1.165, 1.54) is 12.2 Å². The van der Waals surface area contributed by atoms with Gasteiger partial charge in [0.25, 0.3) is 10.1 Å². The molecule has 0 radical (unpaired) electrons. The second-order valence-corrected chi connectivity index (χ2v) is 13.0. The van der Waals surface area contributed by atoms with E-state index < -0.39 is 10.1 Å². The number of nitrogens with zero attached hydrogens (tertiary/aromatic N) is 4. The first kappa shape index (κ1) is 29.0. The van der Waals surface area contributed by atoms with Crippen molar-refractivity contribution in [2.45, 2.75) is 32.6 Å². The van der Waals surface area contributed by atoms with Crippen LogP contribution in [-0.4, -0.2) is 34.4 Å². The second kappa shape index (κ2) is 11.9. The van der Waals surface area contributed by atoms with Crippen molar-refractivity contribution in [2.75, 3.05) is 6.61 Å². The topological polar surface area (TPSA) is 86.5 Å². The summed E-state index contributed by atoms with van der Waals surface area (Å²) < 4.78 is 32.8. The van der Waals surface area contributed by atoms with E-state index in [2.05, 4.69) is 17.6 Å². The molecule has 218 valence electrons. The molecular weight excluding hydrogens is 580 g/mol. The van der Waals surface area contributed by atoms with Gasteiger partial charge in [0.15, 0.2) is 5.15 Å². The number of imidazole rings is 1. The van der Waals surface area contributed by atoms with Crippen molar-refractivity contribution in [1.29, 1.82) is 0 Å². The van der Waals surface area contributed by atoms with Crippen LogP contribution in [0.2, 0.25) is 5.15 Å². The summed E-state index contributed by atoms with van der Waals surface area (Å²) in [6.45, 7) is 7.53. The molecule has 0 N–H and O–H groups in total. The first-order valence-corrected chi connectivity index (χ1v) is 15.9. The molecule has 3 aromatic heterocycles. The lowest BCUT2D eigenvalue weighted by Crippen LogP contribution is -2.28. The van der Waals surface area contributed by atoms with Crippen LogP contribution in [0.3, 0.4) is 0 Å². The van der Waals surface area contributed by atoms with Gasteiger partial charge >= 0.3 is 0 Å². The predicted molar refractivity (Wildman–Crippen MR) is 172 cm³/mol. The van der Waals surface area contributed by atoms with E-state index in [4.69, 9.17) is 25.8 Å². The van der Waals surface area contributed by atoms with Crippen LogP contribution < -0.4 is 0 Å². The molecule has 1 fully saturated rings. The summed E-state index contributed by atoms with van der Waals surface area (Å²) in [6, 6.07) is 20.3. The first-order valence-electron chi connectivity index (χ1n) is 14.1. The van der Waals surface area contributed by atoms with Crippen molar-refractivity contribution in [2.24, 2.45) is 5.92 Å². The normalized spacial score (nSPS) is 17.1. The van der Waals surface area contributed by atoms with E-state index >= 15 is 0 Å². The minimum atomic E-state index is -3.89. The molecule has 0 atom stereocenters. The molecule has 0 bridgehead atoms. The molecule has 0 unspecified atom stereocenters. The van der Waals surface area contributed by atoms with Gasteiger partial charge in [-0.3, -0.25) is 8.58 Å². The third-order valence-electron chi connectivity index (χ3n) is 7.70. The first-order chi connectivity index (χ1) is 20.7. The van der Waals surface area contributed by atoms with E-state index in [0.29, 0.717) is 5.15 Å². The summed E-state index contributed by atoms with van der Waals surface area (Å²) in [5.74, 6) is 1.08. The lowest BCUT2D eigenvalue weighted by atomic mass is 9.75. The summed E-state index contributed by atoms with van der Waals surface area (Å²) in [5.41, 5.74) is 6.17. The Hall–Kier alpha value is -4.11. The van der Waals surface area contributed by atoms with Crippen LogP contribution >= 0.6 is 11.6 Å². The van der Waals surface area contributed by atoms with Gasteiger partial charge in [-0.2, -0.15) is 8.42 Å². The minimum Gasteiger partial charge on any atom is -0.299 e. The summed E-state index contributed by atoms with van der Waals surface area (Å²) >= 11 is 6.64. The average Bonchev–Trinajstić information content (AvgIpc) is 3.36. The van der Waals surface area contributed by atoms with Crippen LogP contribution in [0.25, 0.3) is 38.9 Å². The third kappa shape index (κ3) is 5.91. The maximum Gasteiger partial charge on any atom is 0.296 e. The molecule has 0 aliphatic heterocycles. The lowest BCUT2D eigenvalue weighted by molar-refractivity contribution is 0.159. The number of pyridine rings is 1. The Kier molecular flexibility index (Phi) is 8.01. The Bertz CT molecular complexity index is 2010. The summed E-state index contributed by atoms with van der Waals surface area (Å²) in [6.07, 6.45) is 9.58. The van der Waals surface area contributed by atoms with E-state index in [1.807, 2.05) is 79.0 Å². The van der Waals surface area contributed by atoms with Crippen molar-refractivity contribution in [1.82, 2.24) is 19.4 Å². The van der Waals surface area contributed by atoms with Gasteiger partial charge in [-0.15, -0.1) is 0 Å². The molecule has 43 heavy (non-hydrogen) atoms. The maximum atomic E-state index is 12.7. The fourth-order valence-corrected chi connectivity index (χ4v) is 6.57. The summed E-state index contributed by atoms with van der Waals surface area (Å²) in [7, 11) is -3.89. The molecule has 1 aliphatic rings. The Morgan fingerprint density at radius 1 is 1.05 bits per heavy atom. The zero-order valence-electron chi connectivity index (χ0n) is 23.9. The maximum absolute atomic E-state index is 12.7. The molecule has 7 nitrogen and oxygen atoms in total. The van der Waals surface area contributed by atoms with E-state index in [9.17, 15) is 8.42 Å². The zero-order chi connectivity index (χ0) is 30.1. The minimum absolute atomic E-state index is 0.0522. The van der Waals surface area contributed by atoms with E-state index in [1.54, 1.807) is 12.3 Å². The number of hydrogen-bond acceptors (Lipinski definition) is 6. The number of benzene rings is 2. The molecule has 9 heteroatoms. The highest BCUT2D eigenvalue weighted by Gasteiger charge is 2.35. The Morgan fingerprint density at radius 3 is 2.56 bits per heavy atom. The van der Waals surface area contributed by atoms with Gasteiger partial charge in [-0.05, 0) is 56.9 Å². The molecule has 2 aromatic carbocycles. The van der Waals surface area contributed by atoms with Crippen LogP contribution in [-0.2, 0) is 14.3 Å². The number of allylic oxidation sites excluding steroid dienone is 4. The third-order valence-corrected chi connectivity index (χ3v) is 9.31. The van der Waals surface area contributed by atoms with Crippen LogP contribution in [0, 0.1) is 5.92 Å². The monoisotopic (exact) mass is 610 g/mol. The molecular formula is C34H31ClN4O3S. The van der Waals surface area contributed by atoms with Gasteiger partial charge in [-0.25, -0.2) is 15.0 Å². The van der Waals surface area contributed by atoms with Gasteiger partial charge in [0.05, 0.1) is 28.4 Å². The van der Waals surface area contributed by atoms with Crippen LogP contribution in [0.5, 0.6) is 0 Å². The van der Waals surface area contributed by atoms with Gasteiger partial charge < -0.3 is 0 Å². The number of rotatable bonds is 9. The van der Waals surface area contributed by atoms with E-state index in [-0.39, 0.29) is 23.3 Å². The highest BCUT2D eigenvalue weighted by molar-refractivity contribution is 7.90. The number of aromatic nitrogens is 4. The zero-order valence-corrected chi connectivity index (χ0v) is 25.5. The molecule has 3 heterocycles. The fourth-order valence-electron chi connectivity index (χ4n) is 5.39. The van der Waals surface area contributed by atoms with Gasteiger partial charge in [-0.1, -0.05) is 78.4 Å². The van der Waals surface area contributed by atoms with Crippen molar-refractivity contribution in [3.8, 4) is 22.5 Å². The van der Waals surface area contributed by atoms with Crippen molar-refractivity contribution in [3.05, 3.63) is 119 Å². The largest absolute Gasteiger partial charge is 0.299 e. The molecule has 0 amide bonds. The highest BCUT2D eigenvalue weighted by atomic mass is 35.5. The van der Waals surface area contributed by atoms with Crippen LogP contribution in [0.4, 0.5) is 0 Å². The van der Waals surface area contributed by atoms with E-state index in [0.717, 1.165) is 63.2 Å². The van der Waals surface area contributed by atoms with Crippen molar-refractivity contribution < 1.29 is 12.6 Å². The molecule has 6 rings (SSSR count). The summed E-state index contributed by atoms with van der Waals surface area (Å²) in [5, 5.41) is 1.40. The number of hydrogen-bond donors (Lipinski definition) is 0. The highest BCUT2D eigenvalue weighted by Crippen LogP contribution is 2.44. The molecule has 5 aromatic rings. The van der Waals surface area contributed by atoms with Crippen LogP contribution in [0.1, 0.15) is 38.4 Å². The Balaban J connectivity index is 1.26. The standard InChI is InChI=1S/C34H31ClN4O3S/c1-4-28(14-10-22(2)3)43(40,41)42-21-23-18-27(19-23)34-38-31(32-33(35)36-16-17-39(32)34)26-12-11-25-13-15-29(37-30(25)20-26)24-8-6-5-7-9-24/h4-17,20,23,27H,1,18-19,21H2,2-3H3/b28-14+. The lowest BCUT2D eigenvalue weighted by Gasteiger charge is -2.34. The Morgan fingerprint density at radius 2 is 1.81 bits per heavy atom. The quantitative estimate of drug-likeness (QED) is 0.124. The van der Waals surface area contributed by atoms with Crippen molar-refractivity contribution in [3.63, 3.8) is 0 Å². The van der Waals surface area contributed by atoms with Gasteiger partial charge in [0.1, 0.15) is 11.3 Å². The average molecular weight is 611 g/mol. The van der Waals surface area contributed by atoms with Gasteiger partial charge in [0.2, 0.25) is 0 Å². The number of halogens is 1. The number of fused-ring (bicyclic) bond motifs is 2. The molecule has 1 saturated carbocycles. The Labute approximate surface area is 256 Å². The fraction of sp³-hybridized carbons (Fsp3) is 0.206. The van der Waals surface area contributed by atoms with Crippen molar-refractivity contribution >= 4 is 38.1 Å². The molecule has 0 spiro atoms. The smallest absolute Gasteiger partial charge is 0.296 e. The molecule has 1 aliphatic carbocycles. The van der Waals surface area contributed by atoms with Crippen LogP contribution in [0.15, 0.2) is 108 Å². The summed E-state index contributed by atoms with van der Waals surface area (Å²) in [4.78, 5) is 14.4. The molecule has 0 saturated heterocycles. The van der Waals surface area contributed by atoms with Gasteiger partial charge in [0, 0.05) is 34.8 Å². The SMILES string of the molecule is C=C/C(=C\C=C(C)C)S(=O)(=O)OCC1CC(c2nc(-c3ccc4ccc(-c5ccccc5)nc4c3)c3c(Cl)nccn23)C1. The predicted octanol–water partition coefficient (Wildman–Crippen LogP) is 8.14.